The first-order valence-corrected chi connectivity index (χ1v) is 37.5. The van der Waals surface area contributed by atoms with E-state index in [0.717, 1.165) is 56.1 Å². The van der Waals surface area contributed by atoms with Gasteiger partial charge < -0.3 is 14.2 Å². The molecular formula is C102H74N2OS. The predicted octanol–water partition coefficient (Wildman–Crippen LogP) is 29.2. The molecule has 0 aliphatic heterocycles. The van der Waals surface area contributed by atoms with E-state index in [-0.39, 0.29) is 10.8 Å². The van der Waals surface area contributed by atoms with Crippen molar-refractivity contribution in [3.63, 3.8) is 0 Å². The Morgan fingerprint density at radius 1 is 0.217 bits per heavy atom. The van der Waals surface area contributed by atoms with Gasteiger partial charge in [0.15, 0.2) is 0 Å². The maximum Gasteiger partial charge on any atom is 0.136 e. The molecule has 504 valence electrons. The first-order chi connectivity index (χ1) is 52.1. The van der Waals surface area contributed by atoms with Crippen molar-refractivity contribution >= 4 is 87.6 Å². The van der Waals surface area contributed by atoms with E-state index in [9.17, 15) is 0 Å². The van der Waals surface area contributed by atoms with Crippen LogP contribution in [0.25, 0.3) is 131 Å². The summed E-state index contributed by atoms with van der Waals surface area (Å²) >= 11 is 1.87. The van der Waals surface area contributed by atoms with Gasteiger partial charge in [-0.2, -0.15) is 0 Å². The molecule has 0 spiro atoms. The van der Waals surface area contributed by atoms with E-state index in [2.05, 4.69) is 401 Å². The number of para-hydroxylation sites is 1. The molecule has 2 heterocycles. The lowest BCUT2D eigenvalue weighted by atomic mass is 9.82. The number of nitrogens with zero attached hydrogens (tertiary/aromatic N) is 2. The van der Waals surface area contributed by atoms with Crippen molar-refractivity contribution in [3.8, 4) is 89.0 Å². The van der Waals surface area contributed by atoms with E-state index >= 15 is 0 Å². The lowest BCUT2D eigenvalue weighted by Crippen LogP contribution is -2.16. The van der Waals surface area contributed by atoms with Gasteiger partial charge in [0.05, 0.1) is 0 Å². The molecule has 2 aliphatic rings. The van der Waals surface area contributed by atoms with Crippen LogP contribution >= 0.6 is 11.3 Å². The van der Waals surface area contributed by atoms with Gasteiger partial charge in [0, 0.05) is 75.9 Å². The van der Waals surface area contributed by atoms with Gasteiger partial charge in [-0.3, -0.25) is 0 Å². The van der Waals surface area contributed by atoms with E-state index < -0.39 is 0 Å². The van der Waals surface area contributed by atoms with Crippen LogP contribution in [0.15, 0.2) is 381 Å². The summed E-state index contributed by atoms with van der Waals surface area (Å²) in [5.41, 5.74) is 33.7. The van der Waals surface area contributed by atoms with Crippen molar-refractivity contribution < 1.29 is 4.42 Å². The molecule has 4 heteroatoms. The number of benzene rings is 16. The fraction of sp³-hybridized carbons (Fsp3) is 0.0588. The van der Waals surface area contributed by atoms with Crippen molar-refractivity contribution in [1.29, 1.82) is 0 Å². The molecule has 0 fully saturated rings. The van der Waals surface area contributed by atoms with Crippen LogP contribution in [0.3, 0.4) is 0 Å². The summed E-state index contributed by atoms with van der Waals surface area (Å²) in [4.78, 5) is 4.79. The lowest BCUT2D eigenvalue weighted by molar-refractivity contribution is 0.660. The largest absolute Gasteiger partial charge is 0.456 e. The highest BCUT2D eigenvalue weighted by molar-refractivity contribution is 7.26. The van der Waals surface area contributed by atoms with Crippen LogP contribution in [-0.4, -0.2) is 0 Å². The molecule has 0 saturated carbocycles. The SMILES string of the molecule is CC1(C)c2ccccc2-c2ccc(N(c3ccc(-c4ccccc4)cc3)c3ccc(-c4cccc(-c5cccc6oc7ccccc7c56)c4)cc3)cc21.CC1(C)c2ccccc2-c2ccc(N(c3ccc(-c4ccccc4)cc3)c3ccc(-c4cccc(-c5cccc6sc7ccccc7c56)c4)cc3)cc21. The van der Waals surface area contributed by atoms with Gasteiger partial charge in [0.2, 0.25) is 0 Å². The first kappa shape index (κ1) is 64.0. The zero-order chi connectivity index (χ0) is 71.0. The van der Waals surface area contributed by atoms with Crippen LogP contribution in [-0.2, 0) is 10.8 Å². The standard InChI is InChI=1S/C51H37NO.C51H37NS/c2*1-51(2)46-19-8-6-16-43(46)44-31-30-41(33-47(44)51)52(39-26-22-35(23-27-39)34-12-4-3-5-13-34)40-28-24-36(25-29-40)37-14-10-15-38(32-37)42-18-11-21-49-50(42)45-17-7-9-20-48(45)53-49/h2*3-33H,1-2H3. The Balaban J connectivity index is 0.000000145. The fourth-order valence-corrected chi connectivity index (χ4v) is 17.9. The van der Waals surface area contributed by atoms with E-state index in [0.29, 0.717) is 0 Å². The summed E-state index contributed by atoms with van der Waals surface area (Å²) in [6.45, 7) is 9.40. The molecule has 106 heavy (non-hydrogen) atoms. The van der Waals surface area contributed by atoms with Crippen molar-refractivity contribution in [2.45, 2.75) is 38.5 Å². The summed E-state index contributed by atoms with van der Waals surface area (Å²) in [5, 5.41) is 4.97. The second kappa shape index (κ2) is 26.1. The van der Waals surface area contributed by atoms with Gasteiger partial charge in [0.25, 0.3) is 0 Å². The Morgan fingerprint density at radius 3 is 1.05 bits per heavy atom. The summed E-state index contributed by atoms with van der Waals surface area (Å²) in [5.74, 6) is 0. The van der Waals surface area contributed by atoms with Crippen molar-refractivity contribution in [1.82, 2.24) is 0 Å². The smallest absolute Gasteiger partial charge is 0.136 e. The zero-order valence-electron chi connectivity index (χ0n) is 59.5. The van der Waals surface area contributed by atoms with Gasteiger partial charge in [-0.1, -0.05) is 295 Å². The molecule has 20 rings (SSSR count). The van der Waals surface area contributed by atoms with Crippen molar-refractivity contribution in [2.75, 3.05) is 9.80 Å². The van der Waals surface area contributed by atoms with Crippen LogP contribution in [0, 0.1) is 0 Å². The van der Waals surface area contributed by atoms with Crippen molar-refractivity contribution in [3.05, 3.63) is 398 Å². The molecule has 2 aliphatic carbocycles. The number of anilines is 6. The Hall–Kier alpha value is -12.9. The number of thiophene rings is 1. The minimum absolute atomic E-state index is 0.0840. The molecule has 3 nitrogen and oxygen atoms in total. The molecule has 0 amide bonds. The topological polar surface area (TPSA) is 19.6 Å². The number of hydrogen-bond acceptors (Lipinski definition) is 4. The highest BCUT2D eigenvalue weighted by Gasteiger charge is 2.37. The number of rotatable bonds is 12. The second-order valence-electron chi connectivity index (χ2n) is 29.1. The van der Waals surface area contributed by atoms with E-state index in [1.807, 2.05) is 23.5 Å². The van der Waals surface area contributed by atoms with Gasteiger partial charge in [-0.05, 0) is 220 Å². The Morgan fingerprint density at radius 2 is 0.547 bits per heavy atom. The average molecular weight is 1380 g/mol. The van der Waals surface area contributed by atoms with Crippen LogP contribution in [0.1, 0.15) is 49.9 Å². The number of furan rings is 1. The maximum atomic E-state index is 6.21. The normalized spacial score (nSPS) is 12.9. The second-order valence-corrected chi connectivity index (χ2v) is 30.2. The van der Waals surface area contributed by atoms with Gasteiger partial charge >= 0.3 is 0 Å². The Bertz CT molecular complexity index is 5970. The summed E-state index contributed by atoms with van der Waals surface area (Å²) in [6.07, 6.45) is 0. The molecule has 0 radical (unpaired) electrons. The zero-order valence-corrected chi connectivity index (χ0v) is 60.3. The quantitative estimate of drug-likeness (QED) is 0.122. The summed E-state index contributed by atoms with van der Waals surface area (Å²) in [6, 6.07) is 137. The molecule has 0 atom stereocenters. The third-order valence-corrected chi connectivity index (χ3v) is 23.3. The molecule has 0 bridgehead atoms. The molecule has 2 aromatic heterocycles. The third-order valence-electron chi connectivity index (χ3n) is 22.2. The molecule has 0 unspecified atom stereocenters. The first-order valence-electron chi connectivity index (χ1n) is 36.7. The average Bonchev–Trinajstić information content (AvgIpc) is 1.58. The van der Waals surface area contributed by atoms with E-state index in [1.54, 1.807) is 0 Å². The predicted molar refractivity (Wildman–Crippen MR) is 450 cm³/mol. The Labute approximate surface area is 623 Å². The van der Waals surface area contributed by atoms with Gasteiger partial charge in [-0.15, -0.1) is 11.3 Å². The van der Waals surface area contributed by atoms with Crippen LogP contribution < -0.4 is 9.80 Å². The minimum atomic E-state index is -0.0906. The Kier molecular flexibility index (Phi) is 15.8. The minimum Gasteiger partial charge on any atom is -0.456 e. The number of hydrogen-bond donors (Lipinski definition) is 0. The molecule has 0 N–H and O–H groups in total. The highest BCUT2D eigenvalue weighted by atomic mass is 32.1. The van der Waals surface area contributed by atoms with Crippen LogP contribution in [0.5, 0.6) is 0 Å². The third kappa shape index (κ3) is 11.2. The molecule has 18 aromatic rings. The number of fused-ring (bicyclic) bond motifs is 12. The fourth-order valence-electron chi connectivity index (χ4n) is 16.8. The highest BCUT2D eigenvalue weighted by Crippen LogP contribution is 2.53. The van der Waals surface area contributed by atoms with Gasteiger partial charge in [-0.25, -0.2) is 0 Å². The summed E-state index contributed by atoms with van der Waals surface area (Å²) in [7, 11) is 0. The van der Waals surface area contributed by atoms with E-state index in [1.165, 1.54) is 131 Å². The van der Waals surface area contributed by atoms with E-state index in [4.69, 9.17) is 4.42 Å². The molecular weight excluding hydrogens is 1300 g/mol. The van der Waals surface area contributed by atoms with Gasteiger partial charge in [0.1, 0.15) is 11.2 Å². The monoisotopic (exact) mass is 1370 g/mol. The summed E-state index contributed by atoms with van der Waals surface area (Å²) < 4.78 is 8.87. The van der Waals surface area contributed by atoms with Crippen LogP contribution in [0.2, 0.25) is 0 Å². The maximum absolute atomic E-state index is 6.21. The molecule has 0 saturated heterocycles. The lowest BCUT2D eigenvalue weighted by Gasteiger charge is -2.28. The van der Waals surface area contributed by atoms with Crippen molar-refractivity contribution in [2.24, 2.45) is 0 Å². The van der Waals surface area contributed by atoms with Crippen LogP contribution in [0.4, 0.5) is 34.1 Å². The molecule has 16 aromatic carbocycles.